The van der Waals surface area contributed by atoms with Crippen LogP contribution >= 0.6 is 11.3 Å². The summed E-state index contributed by atoms with van der Waals surface area (Å²) in [6.07, 6.45) is 9.57. The summed E-state index contributed by atoms with van der Waals surface area (Å²) in [5.74, 6) is 2.40. The van der Waals surface area contributed by atoms with Crippen LogP contribution in [0.1, 0.15) is 70.2 Å². The molecule has 0 aliphatic heterocycles. The van der Waals surface area contributed by atoms with Crippen LogP contribution in [0.5, 0.6) is 5.75 Å². The smallest absolute Gasteiger partial charge is 0.274 e. The van der Waals surface area contributed by atoms with Crippen molar-refractivity contribution in [1.82, 2.24) is 4.98 Å². The molecule has 0 atom stereocenters. The van der Waals surface area contributed by atoms with Crippen molar-refractivity contribution in [2.45, 2.75) is 65.2 Å². The van der Waals surface area contributed by atoms with Gasteiger partial charge in [-0.1, -0.05) is 33.3 Å². The summed E-state index contributed by atoms with van der Waals surface area (Å²) in [6, 6.07) is 3.86. The van der Waals surface area contributed by atoms with Gasteiger partial charge in [0.25, 0.3) is 5.91 Å². The Hall–Kier alpha value is -2.41. The van der Waals surface area contributed by atoms with Gasteiger partial charge in [-0.05, 0) is 50.0 Å². The summed E-state index contributed by atoms with van der Waals surface area (Å²) in [7, 11) is 1.60. The first kappa shape index (κ1) is 23.3. The molecular weight excluding hydrogens is 408 g/mol. The zero-order valence-electron chi connectivity index (χ0n) is 19.0. The summed E-state index contributed by atoms with van der Waals surface area (Å²) in [5, 5.41) is 4.13. The molecule has 1 fully saturated rings. The Balaban J connectivity index is 1.82. The Kier molecular flexibility index (Phi) is 8.07. The molecule has 1 aromatic heterocycles. The van der Waals surface area contributed by atoms with Gasteiger partial charge in [0.1, 0.15) is 11.4 Å². The van der Waals surface area contributed by atoms with Gasteiger partial charge in [-0.15, -0.1) is 11.3 Å². The van der Waals surface area contributed by atoms with Crippen LogP contribution in [0.15, 0.2) is 28.9 Å². The van der Waals surface area contributed by atoms with Gasteiger partial charge in [-0.2, -0.15) is 0 Å². The first-order chi connectivity index (χ1) is 15.0. The fourth-order valence-corrected chi connectivity index (χ4v) is 5.36. The number of benzene rings is 1. The number of aliphatic imine (C=N–C) groups is 1. The van der Waals surface area contributed by atoms with E-state index in [0.717, 1.165) is 41.2 Å². The standard InChI is InChI=1S/C24H34N4O2S/c1-5-6-7-18(26-14-25)23(29)27-19-13-22-20(12-21(19)30-4)28-24(31-22)17-10-8-16(9-11-17)15(2)3/h7,12-17H,5-6,8-11H2,1-4H3,(H2,25,26)(H,27,29)/b18-7-/t16-,17-. The van der Waals surface area contributed by atoms with Crippen molar-refractivity contribution in [1.29, 1.82) is 0 Å². The van der Waals surface area contributed by atoms with E-state index >= 15 is 0 Å². The maximum Gasteiger partial charge on any atom is 0.274 e. The fourth-order valence-electron chi connectivity index (χ4n) is 4.20. The maximum absolute atomic E-state index is 12.7. The van der Waals surface area contributed by atoms with E-state index in [1.165, 1.54) is 30.7 Å². The van der Waals surface area contributed by atoms with Gasteiger partial charge in [-0.3, -0.25) is 4.79 Å². The molecule has 3 N–H and O–H groups in total. The van der Waals surface area contributed by atoms with Crippen molar-refractivity contribution in [2.75, 3.05) is 12.4 Å². The molecule has 1 saturated carbocycles. The van der Waals surface area contributed by atoms with Gasteiger partial charge in [0.15, 0.2) is 0 Å². The molecule has 1 heterocycles. The van der Waals surface area contributed by atoms with Crippen LogP contribution in [-0.4, -0.2) is 24.3 Å². The number of hydrogen-bond acceptors (Lipinski definition) is 5. The van der Waals surface area contributed by atoms with E-state index in [-0.39, 0.29) is 5.91 Å². The number of nitrogens with two attached hydrogens (primary N) is 1. The van der Waals surface area contributed by atoms with Gasteiger partial charge in [0.2, 0.25) is 0 Å². The van der Waals surface area contributed by atoms with Crippen LogP contribution in [0, 0.1) is 11.8 Å². The molecule has 0 saturated heterocycles. The lowest BCUT2D eigenvalue weighted by Gasteiger charge is -2.29. The minimum atomic E-state index is -0.301. The second-order valence-electron chi connectivity index (χ2n) is 8.54. The third-order valence-electron chi connectivity index (χ3n) is 6.11. The molecule has 168 valence electrons. The first-order valence-corrected chi connectivity index (χ1v) is 12.0. The van der Waals surface area contributed by atoms with E-state index in [9.17, 15) is 4.79 Å². The molecule has 1 amide bonds. The number of carbonyl (C=O) groups is 1. The SMILES string of the molecule is CCC/C=C(\N=C/N)C(=O)Nc1cc2sc([C@H]3CC[C@H](C(C)C)CC3)nc2cc1OC. The lowest BCUT2D eigenvalue weighted by Crippen LogP contribution is -2.17. The highest BCUT2D eigenvalue weighted by Crippen LogP contribution is 2.42. The summed E-state index contributed by atoms with van der Waals surface area (Å²) in [6.45, 7) is 6.70. The van der Waals surface area contributed by atoms with Crippen LogP contribution in [-0.2, 0) is 4.79 Å². The lowest BCUT2D eigenvalue weighted by molar-refractivity contribution is -0.112. The van der Waals surface area contributed by atoms with E-state index < -0.39 is 0 Å². The lowest BCUT2D eigenvalue weighted by atomic mass is 9.77. The van der Waals surface area contributed by atoms with Crippen LogP contribution in [0.2, 0.25) is 0 Å². The van der Waals surface area contributed by atoms with Crippen molar-refractivity contribution in [3.05, 3.63) is 28.9 Å². The molecule has 1 aromatic carbocycles. The average Bonchev–Trinajstić information content (AvgIpc) is 3.18. The van der Waals surface area contributed by atoms with Gasteiger partial charge >= 0.3 is 0 Å². The van der Waals surface area contributed by atoms with Gasteiger partial charge in [0, 0.05) is 12.0 Å². The normalized spacial score (nSPS) is 20.0. The number of ether oxygens (including phenoxy) is 1. The number of carbonyl (C=O) groups excluding carboxylic acids is 1. The molecule has 3 rings (SSSR count). The average molecular weight is 443 g/mol. The van der Waals surface area contributed by atoms with Gasteiger partial charge in [-0.25, -0.2) is 9.98 Å². The number of aromatic nitrogens is 1. The van der Waals surface area contributed by atoms with Crippen molar-refractivity contribution in [3.8, 4) is 5.75 Å². The Morgan fingerprint density at radius 3 is 2.71 bits per heavy atom. The maximum atomic E-state index is 12.7. The minimum Gasteiger partial charge on any atom is -0.494 e. The zero-order chi connectivity index (χ0) is 22.4. The molecule has 7 heteroatoms. The minimum absolute atomic E-state index is 0.301. The van der Waals surface area contributed by atoms with Crippen molar-refractivity contribution in [3.63, 3.8) is 0 Å². The van der Waals surface area contributed by atoms with E-state index in [0.29, 0.717) is 23.1 Å². The van der Waals surface area contributed by atoms with Crippen molar-refractivity contribution in [2.24, 2.45) is 22.6 Å². The Labute approximate surface area is 189 Å². The molecule has 1 aliphatic carbocycles. The number of hydrogen-bond donors (Lipinski definition) is 2. The second kappa shape index (κ2) is 10.8. The largest absolute Gasteiger partial charge is 0.494 e. The highest BCUT2D eigenvalue weighted by Gasteiger charge is 2.26. The number of allylic oxidation sites excluding steroid dienone is 1. The van der Waals surface area contributed by atoms with Crippen molar-refractivity contribution < 1.29 is 9.53 Å². The number of unbranched alkanes of at least 4 members (excludes halogenated alkanes) is 1. The monoisotopic (exact) mass is 442 g/mol. The number of amides is 1. The molecular formula is C24H34N4O2S. The molecule has 31 heavy (non-hydrogen) atoms. The number of nitrogens with one attached hydrogen (secondary N) is 1. The summed E-state index contributed by atoms with van der Waals surface area (Å²) in [4.78, 5) is 21.7. The molecule has 0 bridgehead atoms. The molecule has 2 aromatic rings. The summed E-state index contributed by atoms with van der Waals surface area (Å²) >= 11 is 1.72. The third-order valence-corrected chi connectivity index (χ3v) is 7.29. The first-order valence-electron chi connectivity index (χ1n) is 11.2. The highest BCUT2D eigenvalue weighted by molar-refractivity contribution is 7.18. The quantitative estimate of drug-likeness (QED) is 0.305. The third kappa shape index (κ3) is 5.64. The Morgan fingerprint density at radius 2 is 2.10 bits per heavy atom. The van der Waals surface area contributed by atoms with Crippen LogP contribution in [0.25, 0.3) is 10.2 Å². The number of fused-ring (bicyclic) bond motifs is 1. The summed E-state index contributed by atoms with van der Waals surface area (Å²) < 4.78 is 6.59. The number of rotatable bonds is 8. The van der Waals surface area contributed by atoms with E-state index in [1.807, 2.05) is 19.1 Å². The van der Waals surface area contributed by atoms with Crippen LogP contribution < -0.4 is 15.8 Å². The van der Waals surface area contributed by atoms with Gasteiger partial charge < -0.3 is 15.8 Å². The molecule has 0 spiro atoms. The van der Waals surface area contributed by atoms with E-state index in [4.69, 9.17) is 15.5 Å². The Morgan fingerprint density at radius 1 is 1.35 bits per heavy atom. The Bertz CT molecular complexity index is 956. The van der Waals surface area contributed by atoms with Crippen molar-refractivity contribution >= 4 is 39.5 Å². The highest BCUT2D eigenvalue weighted by atomic mass is 32.1. The summed E-state index contributed by atoms with van der Waals surface area (Å²) in [5.41, 5.74) is 7.26. The second-order valence-corrected chi connectivity index (χ2v) is 9.60. The topological polar surface area (TPSA) is 89.6 Å². The number of anilines is 1. The van der Waals surface area contributed by atoms with Crippen LogP contribution in [0.3, 0.4) is 0 Å². The van der Waals surface area contributed by atoms with Crippen LogP contribution in [0.4, 0.5) is 5.69 Å². The predicted molar refractivity (Wildman–Crippen MR) is 130 cm³/mol. The molecule has 0 unspecified atom stereocenters. The number of methoxy groups -OCH3 is 1. The predicted octanol–water partition coefficient (Wildman–Crippen LogP) is 5.84. The molecule has 6 nitrogen and oxygen atoms in total. The number of nitrogens with zero attached hydrogens (tertiary/aromatic N) is 2. The fraction of sp³-hybridized carbons (Fsp3) is 0.542. The van der Waals surface area contributed by atoms with E-state index in [1.54, 1.807) is 24.5 Å². The van der Waals surface area contributed by atoms with Gasteiger partial charge in [0.05, 0.1) is 34.4 Å². The molecule has 1 aliphatic rings. The zero-order valence-corrected chi connectivity index (χ0v) is 19.8. The molecule has 0 radical (unpaired) electrons. The van der Waals surface area contributed by atoms with E-state index in [2.05, 4.69) is 24.2 Å². The number of thiazole rings is 1.